The van der Waals surface area contributed by atoms with Crippen molar-refractivity contribution in [3.05, 3.63) is 0 Å². The molecule has 80 valence electrons. The Morgan fingerprint density at radius 1 is 1.36 bits per heavy atom. The molecule has 0 aromatic carbocycles. The summed E-state index contributed by atoms with van der Waals surface area (Å²) in [6.07, 6.45) is 1.04. The van der Waals surface area contributed by atoms with Crippen molar-refractivity contribution in [1.29, 1.82) is 0 Å². The molecule has 0 saturated carbocycles. The molecule has 0 spiro atoms. The van der Waals surface area contributed by atoms with Crippen molar-refractivity contribution in [3.63, 3.8) is 0 Å². The van der Waals surface area contributed by atoms with Crippen LogP contribution in [0.1, 0.15) is 40.5 Å². The van der Waals surface area contributed by atoms with Gasteiger partial charge in [-0.3, -0.25) is 9.59 Å². The summed E-state index contributed by atoms with van der Waals surface area (Å²) in [7, 11) is 0. The minimum absolute atomic E-state index is 0.00764. The topological polar surface area (TPSA) is 37.4 Å². The van der Waals surface area contributed by atoms with Crippen LogP contribution in [0.5, 0.6) is 0 Å². The third-order valence-corrected chi connectivity index (χ3v) is 2.46. The molecule has 0 radical (unpaired) electrons. The summed E-state index contributed by atoms with van der Waals surface area (Å²) >= 11 is 0. The van der Waals surface area contributed by atoms with Crippen LogP contribution < -0.4 is 0 Å². The second kappa shape index (κ2) is 3.71. The fourth-order valence-corrected chi connectivity index (χ4v) is 2.00. The molecule has 1 fully saturated rings. The molecule has 1 saturated heterocycles. The van der Waals surface area contributed by atoms with Gasteiger partial charge in [-0.25, -0.2) is 0 Å². The first-order chi connectivity index (χ1) is 6.29. The number of carbonyl (C=O) groups excluding carboxylic acids is 2. The first-order valence-electron chi connectivity index (χ1n) is 5.11. The lowest BCUT2D eigenvalue weighted by Crippen LogP contribution is -2.37. The van der Waals surface area contributed by atoms with Gasteiger partial charge in [0, 0.05) is 6.04 Å². The fourth-order valence-electron chi connectivity index (χ4n) is 2.00. The van der Waals surface area contributed by atoms with Gasteiger partial charge in [0.05, 0.1) is 13.0 Å². The van der Waals surface area contributed by atoms with E-state index in [1.807, 2.05) is 6.92 Å². The summed E-state index contributed by atoms with van der Waals surface area (Å²) in [4.78, 5) is 24.2. The zero-order chi connectivity index (χ0) is 10.9. The SMILES string of the molecule is CC(CC(C)(C)C)N1CC(=O)CC1=O. The highest BCUT2D eigenvalue weighted by molar-refractivity contribution is 6.05. The van der Waals surface area contributed by atoms with Crippen molar-refractivity contribution >= 4 is 11.7 Å². The molecule has 0 aromatic rings. The van der Waals surface area contributed by atoms with E-state index in [1.54, 1.807) is 4.90 Å². The van der Waals surface area contributed by atoms with Crippen molar-refractivity contribution in [2.75, 3.05) is 6.54 Å². The molecule has 3 heteroatoms. The van der Waals surface area contributed by atoms with Crippen LogP contribution >= 0.6 is 0 Å². The monoisotopic (exact) mass is 197 g/mol. The first kappa shape index (κ1) is 11.2. The van der Waals surface area contributed by atoms with E-state index < -0.39 is 0 Å². The number of likely N-dealkylation sites (tertiary alicyclic amines) is 1. The molecule has 0 N–H and O–H groups in total. The Morgan fingerprint density at radius 2 is 1.93 bits per heavy atom. The van der Waals surface area contributed by atoms with Crippen molar-refractivity contribution in [2.24, 2.45) is 5.41 Å². The molecule has 1 aliphatic heterocycles. The molecule has 14 heavy (non-hydrogen) atoms. The maximum Gasteiger partial charge on any atom is 0.230 e. The molecule has 1 atom stereocenters. The lowest BCUT2D eigenvalue weighted by atomic mass is 9.88. The van der Waals surface area contributed by atoms with Crippen LogP contribution in [-0.2, 0) is 9.59 Å². The lowest BCUT2D eigenvalue weighted by Gasteiger charge is -2.29. The summed E-state index contributed by atoms with van der Waals surface area (Å²) in [6, 6.07) is 0.175. The number of ketones is 1. The largest absolute Gasteiger partial charge is 0.332 e. The molecular weight excluding hydrogens is 178 g/mol. The number of hydrogen-bond acceptors (Lipinski definition) is 2. The van der Waals surface area contributed by atoms with Gasteiger partial charge in [-0.15, -0.1) is 0 Å². The van der Waals surface area contributed by atoms with Gasteiger partial charge in [0.2, 0.25) is 5.91 Å². The Kier molecular flexibility index (Phi) is 2.98. The molecule has 1 aliphatic rings. The molecule has 1 unspecified atom stereocenters. The summed E-state index contributed by atoms with van der Waals surface area (Å²) < 4.78 is 0. The van der Waals surface area contributed by atoms with E-state index in [4.69, 9.17) is 0 Å². The lowest BCUT2D eigenvalue weighted by molar-refractivity contribution is -0.129. The summed E-state index contributed by atoms with van der Waals surface area (Å²) in [6.45, 7) is 8.77. The Bertz CT molecular complexity index is 253. The first-order valence-corrected chi connectivity index (χ1v) is 5.11. The van der Waals surface area contributed by atoms with Crippen LogP contribution in [0.2, 0.25) is 0 Å². The molecule has 1 rings (SSSR count). The predicted octanol–water partition coefficient (Wildman–Crippen LogP) is 1.61. The Morgan fingerprint density at radius 3 is 2.29 bits per heavy atom. The molecule has 3 nitrogen and oxygen atoms in total. The Hall–Kier alpha value is -0.860. The quantitative estimate of drug-likeness (QED) is 0.631. The third kappa shape index (κ3) is 2.82. The predicted molar refractivity (Wildman–Crippen MR) is 54.9 cm³/mol. The van der Waals surface area contributed by atoms with E-state index in [1.165, 1.54) is 0 Å². The van der Waals surface area contributed by atoms with Crippen LogP contribution in [0.4, 0.5) is 0 Å². The molecular formula is C11H19NO2. The van der Waals surface area contributed by atoms with Gasteiger partial charge >= 0.3 is 0 Å². The minimum atomic E-state index is -0.00764. The molecule has 0 bridgehead atoms. The number of Topliss-reactive ketones (excluding diaryl/α,β-unsaturated/α-hetero) is 1. The molecule has 1 heterocycles. The summed E-state index contributed by atoms with van der Waals surface area (Å²) in [5, 5.41) is 0. The third-order valence-electron chi connectivity index (χ3n) is 2.46. The highest BCUT2D eigenvalue weighted by Gasteiger charge is 2.32. The molecule has 0 aromatic heterocycles. The summed E-state index contributed by atoms with van der Waals surface area (Å²) in [5.74, 6) is 0.0440. The highest BCUT2D eigenvalue weighted by Crippen LogP contribution is 2.25. The summed E-state index contributed by atoms with van der Waals surface area (Å²) in [5.41, 5.74) is 0.200. The number of hydrogen-bond donors (Lipinski definition) is 0. The van der Waals surface area contributed by atoms with Gasteiger partial charge in [-0.2, -0.15) is 0 Å². The van der Waals surface area contributed by atoms with Gasteiger partial charge in [0.1, 0.15) is 0 Å². The Balaban J connectivity index is 2.57. The zero-order valence-electron chi connectivity index (χ0n) is 9.46. The Labute approximate surface area is 85.5 Å². The minimum Gasteiger partial charge on any atom is -0.332 e. The van der Waals surface area contributed by atoms with E-state index in [0.29, 0.717) is 6.54 Å². The number of nitrogens with zero attached hydrogens (tertiary/aromatic N) is 1. The maximum absolute atomic E-state index is 11.4. The maximum atomic E-state index is 11.4. The number of amides is 1. The van der Waals surface area contributed by atoms with E-state index in [0.717, 1.165) is 6.42 Å². The van der Waals surface area contributed by atoms with Crippen LogP contribution in [-0.4, -0.2) is 29.2 Å². The van der Waals surface area contributed by atoms with Gasteiger partial charge in [-0.1, -0.05) is 20.8 Å². The standard InChI is InChI=1S/C11H19NO2/c1-8(6-11(2,3)4)12-7-9(13)5-10(12)14/h8H,5-7H2,1-4H3. The van der Waals surface area contributed by atoms with Crippen molar-refractivity contribution in [3.8, 4) is 0 Å². The van der Waals surface area contributed by atoms with Crippen LogP contribution in [0.3, 0.4) is 0 Å². The molecule has 1 amide bonds. The van der Waals surface area contributed by atoms with E-state index in [-0.39, 0.29) is 29.6 Å². The van der Waals surface area contributed by atoms with Crippen LogP contribution in [0, 0.1) is 5.41 Å². The van der Waals surface area contributed by atoms with Crippen molar-refractivity contribution in [2.45, 2.75) is 46.6 Å². The van der Waals surface area contributed by atoms with E-state index in [9.17, 15) is 9.59 Å². The zero-order valence-corrected chi connectivity index (χ0v) is 9.46. The van der Waals surface area contributed by atoms with Crippen LogP contribution in [0.15, 0.2) is 0 Å². The van der Waals surface area contributed by atoms with Gasteiger partial charge in [-0.05, 0) is 18.8 Å². The van der Waals surface area contributed by atoms with Gasteiger partial charge in [0.25, 0.3) is 0 Å². The fraction of sp³-hybridized carbons (Fsp3) is 0.818. The van der Waals surface area contributed by atoms with Crippen LogP contribution in [0.25, 0.3) is 0 Å². The average Bonchev–Trinajstić information content (AvgIpc) is 2.26. The molecule has 0 aliphatic carbocycles. The normalized spacial score (nSPS) is 20.4. The van der Waals surface area contributed by atoms with Crippen molar-refractivity contribution in [1.82, 2.24) is 4.90 Å². The van der Waals surface area contributed by atoms with Crippen molar-refractivity contribution < 1.29 is 9.59 Å². The van der Waals surface area contributed by atoms with Gasteiger partial charge < -0.3 is 4.90 Å². The van der Waals surface area contributed by atoms with Gasteiger partial charge in [0.15, 0.2) is 5.78 Å². The highest BCUT2D eigenvalue weighted by atomic mass is 16.2. The van der Waals surface area contributed by atoms with E-state index >= 15 is 0 Å². The number of carbonyl (C=O) groups is 2. The smallest absolute Gasteiger partial charge is 0.230 e. The second-order valence-electron chi connectivity index (χ2n) is 5.35. The van der Waals surface area contributed by atoms with E-state index in [2.05, 4.69) is 20.8 Å². The second-order valence-corrected chi connectivity index (χ2v) is 5.35. The average molecular weight is 197 g/mol. The number of rotatable bonds is 2.